The Bertz CT molecular complexity index is 8970. The minimum atomic E-state index is 0.0310. The molecule has 4 nitrogen and oxygen atoms in total. The number of rotatable bonds is 1. The van der Waals surface area contributed by atoms with Gasteiger partial charge >= 0.3 is 0 Å². The lowest BCUT2D eigenvalue weighted by atomic mass is 9.81. The average Bonchev–Trinajstić information content (AvgIpc) is 1.55. The van der Waals surface area contributed by atoms with Crippen LogP contribution in [0.3, 0.4) is 0 Å². The van der Waals surface area contributed by atoms with Gasteiger partial charge in [-0.3, -0.25) is 0 Å². The third-order valence-electron chi connectivity index (χ3n) is 27.0. The molecule has 3 aliphatic carbocycles. The number of hydrogen-bond donors (Lipinski definition) is 2. The lowest BCUT2D eigenvalue weighted by Gasteiger charge is -2.22. The molecule has 21 aromatic carbocycles. The molecule has 0 amide bonds. The topological polar surface area (TPSA) is 49.6 Å². The van der Waals surface area contributed by atoms with Crippen LogP contribution in [0.2, 0.25) is 0 Å². The molecule has 560 valence electrons. The van der Waals surface area contributed by atoms with Crippen molar-refractivity contribution < 1.29 is 4.42 Å². The maximum Gasteiger partial charge on any atom is 0.143 e. The molecular formula is C115H73N3OS. The maximum absolute atomic E-state index is 6.33. The van der Waals surface area contributed by atoms with Gasteiger partial charge in [-0.15, -0.1) is 11.3 Å². The quantitative estimate of drug-likeness (QED) is 0.169. The van der Waals surface area contributed by atoms with Gasteiger partial charge in [0, 0.05) is 85.4 Å². The summed E-state index contributed by atoms with van der Waals surface area (Å²) in [7, 11) is 0. The summed E-state index contributed by atoms with van der Waals surface area (Å²) in [6, 6.07) is 135. The summed E-state index contributed by atoms with van der Waals surface area (Å²) in [4.78, 5) is 7.48. The van der Waals surface area contributed by atoms with Crippen molar-refractivity contribution in [3.63, 3.8) is 0 Å². The highest BCUT2D eigenvalue weighted by atomic mass is 32.1. The third-order valence-corrected chi connectivity index (χ3v) is 28.2. The van der Waals surface area contributed by atoms with Crippen molar-refractivity contribution in [3.8, 4) is 39.1 Å². The zero-order valence-electron chi connectivity index (χ0n) is 65.9. The highest BCUT2D eigenvalue weighted by molar-refractivity contribution is 7.26. The van der Waals surface area contributed by atoms with E-state index in [2.05, 4.69) is 398 Å². The van der Waals surface area contributed by atoms with Gasteiger partial charge in [0.05, 0.1) is 27.5 Å². The predicted molar refractivity (Wildman–Crippen MR) is 513 cm³/mol. The molecule has 0 aliphatic heterocycles. The number of hydrogen-bond acceptors (Lipinski definition) is 2. The molecule has 0 saturated carbocycles. The molecule has 120 heavy (non-hydrogen) atoms. The second-order valence-electron chi connectivity index (χ2n) is 33.7. The number of benzene rings is 21. The Hall–Kier alpha value is -14.9. The number of H-pyrrole nitrogens is 2. The van der Waals surface area contributed by atoms with Crippen LogP contribution >= 0.6 is 11.3 Å². The van der Waals surface area contributed by atoms with Gasteiger partial charge in [-0.2, -0.15) is 0 Å². The fraction of sp³-hybridized carbons (Fsp3) is 0.0435. The van der Waals surface area contributed by atoms with Crippen LogP contribution in [0.5, 0.6) is 0 Å². The number of furan rings is 1. The number of nitrogens with one attached hydrogen (secondary N) is 2. The van der Waals surface area contributed by atoms with Crippen molar-refractivity contribution in [1.82, 2.24) is 14.5 Å². The largest absolute Gasteiger partial charge is 0.455 e. The van der Waals surface area contributed by atoms with Gasteiger partial charge in [-0.25, -0.2) is 0 Å². The molecule has 5 aromatic heterocycles. The molecule has 0 atom stereocenters. The summed E-state index contributed by atoms with van der Waals surface area (Å²) in [6.07, 6.45) is 2.06. The minimum absolute atomic E-state index is 0.0310. The van der Waals surface area contributed by atoms with Gasteiger partial charge in [-0.1, -0.05) is 293 Å². The first-order chi connectivity index (χ1) is 59.2. The SMILES string of the molecule is CC1(C)c2cc3ccccc3cc2-c2c1ccc1c2Cc2cc3ccccc3cc2-1.c1ccc(-n2c3cc4ccccc4cc3c3c4[nH]c5ccc6ccccc6c5c4ccc32)cc1.c1ccc2c3c(ccc2c1)-c1ccc2sc4c5ccccc5ccc4c2c1C3.c1ccc2cc3c(cc2c1)[nH]c1c3ccc2oc3c4ccccc4ccc3c21. The molecule has 2 N–H and O–H groups in total. The maximum atomic E-state index is 6.33. The zero-order valence-corrected chi connectivity index (χ0v) is 66.7. The summed E-state index contributed by atoms with van der Waals surface area (Å²) in [5, 5.41) is 33.6. The molecule has 26 aromatic rings. The Morgan fingerprint density at radius 2 is 0.808 bits per heavy atom. The number of nitrogens with zero attached hydrogens (tertiary/aromatic N) is 1. The summed E-state index contributed by atoms with van der Waals surface area (Å²) in [5.74, 6) is 0. The Kier molecular flexibility index (Phi) is 14.3. The Labute approximate surface area is 693 Å². The summed E-state index contributed by atoms with van der Waals surface area (Å²) in [6.45, 7) is 4.77. The minimum Gasteiger partial charge on any atom is -0.455 e. The lowest BCUT2D eigenvalue weighted by molar-refractivity contribution is 0.661. The number of fused-ring (bicyclic) bond motifs is 40. The predicted octanol–water partition coefficient (Wildman–Crippen LogP) is 32.1. The van der Waals surface area contributed by atoms with E-state index in [-0.39, 0.29) is 5.41 Å². The Morgan fingerprint density at radius 1 is 0.292 bits per heavy atom. The monoisotopic (exact) mass is 1540 g/mol. The van der Waals surface area contributed by atoms with Crippen molar-refractivity contribution >= 4 is 205 Å². The molecule has 5 heteroatoms. The zero-order chi connectivity index (χ0) is 78.7. The highest BCUT2D eigenvalue weighted by Gasteiger charge is 2.39. The first kappa shape index (κ1) is 67.3. The number of thiophene rings is 1. The highest BCUT2D eigenvalue weighted by Crippen LogP contribution is 2.56. The fourth-order valence-corrected chi connectivity index (χ4v) is 22.7. The number of aromatic amines is 2. The summed E-state index contributed by atoms with van der Waals surface area (Å²) < 4.78 is 11.6. The van der Waals surface area contributed by atoms with E-state index >= 15 is 0 Å². The molecule has 0 unspecified atom stereocenters. The van der Waals surface area contributed by atoms with Crippen LogP contribution in [0.25, 0.3) is 233 Å². The standard InChI is InChI=1S/C32H20N2.C30H22.C27H16S.C26H15NO/c1-2-11-23(12-3-1)34-28-17-15-25-30-24-13-7-6-8-20(24)14-16-27(30)33-32(25)31(28)26-18-21-9-4-5-10-22(21)19-29(26)34;1-30(2)27-12-11-23-24-14-19-8-4-3-7-18(19)13-22(24)16-25(23)29(27)26-15-20-9-5-6-10-21(20)17-28(26)30;1-3-7-18-16(5-1)9-11-20-21-13-14-25-26(24(21)15-23(18)20)22-12-10-17-6-2-4-8-19(17)27(22)28-25;1-2-7-17-14-22-21(13-16(17)6-1)19-11-12-23-24(25(19)27-22)20-10-9-15-5-3-4-8-18(15)26(20)28-23/h1-19,33H;3-15,17H,16H2,1-2H3;1-14H,15H2;1-14,27H. The van der Waals surface area contributed by atoms with E-state index in [4.69, 9.17) is 4.42 Å². The molecule has 0 radical (unpaired) electrons. The van der Waals surface area contributed by atoms with Crippen LogP contribution in [0.15, 0.2) is 374 Å². The Balaban J connectivity index is 0.0000000868. The van der Waals surface area contributed by atoms with Gasteiger partial charge in [0.2, 0.25) is 0 Å². The average molecular weight is 1540 g/mol. The fourth-order valence-electron chi connectivity index (χ4n) is 21.4. The van der Waals surface area contributed by atoms with Gasteiger partial charge in [0.25, 0.3) is 0 Å². The van der Waals surface area contributed by atoms with Crippen molar-refractivity contribution in [2.45, 2.75) is 32.1 Å². The van der Waals surface area contributed by atoms with E-state index in [1.807, 2.05) is 11.3 Å². The summed E-state index contributed by atoms with van der Waals surface area (Å²) in [5.41, 5.74) is 27.7. The van der Waals surface area contributed by atoms with Crippen LogP contribution in [0.1, 0.15) is 47.2 Å². The molecule has 0 fully saturated rings. The van der Waals surface area contributed by atoms with E-state index in [1.54, 1.807) is 0 Å². The molecule has 0 saturated heterocycles. The molecule has 0 spiro atoms. The van der Waals surface area contributed by atoms with E-state index in [9.17, 15) is 0 Å². The van der Waals surface area contributed by atoms with Gasteiger partial charge < -0.3 is 19.0 Å². The van der Waals surface area contributed by atoms with Crippen LogP contribution in [-0.2, 0) is 18.3 Å². The smallest absolute Gasteiger partial charge is 0.143 e. The van der Waals surface area contributed by atoms with Crippen molar-refractivity contribution in [1.29, 1.82) is 0 Å². The second kappa shape index (κ2) is 25.6. The van der Waals surface area contributed by atoms with E-state index in [0.29, 0.717) is 0 Å². The van der Waals surface area contributed by atoms with E-state index in [1.165, 1.54) is 233 Å². The molecular weight excluding hydrogens is 1470 g/mol. The van der Waals surface area contributed by atoms with Crippen molar-refractivity contribution in [2.24, 2.45) is 0 Å². The lowest BCUT2D eigenvalue weighted by Crippen LogP contribution is -2.15. The normalized spacial score (nSPS) is 13.1. The second-order valence-corrected chi connectivity index (χ2v) is 34.8. The van der Waals surface area contributed by atoms with Gasteiger partial charge in [0.15, 0.2) is 0 Å². The third kappa shape index (κ3) is 9.93. The van der Waals surface area contributed by atoms with Crippen molar-refractivity contribution in [2.75, 3.05) is 0 Å². The molecule has 3 aliphatic rings. The van der Waals surface area contributed by atoms with Gasteiger partial charge in [-0.05, 0) is 251 Å². The van der Waals surface area contributed by atoms with Crippen LogP contribution in [0, 0.1) is 0 Å². The van der Waals surface area contributed by atoms with Gasteiger partial charge in [0.1, 0.15) is 11.2 Å². The number of para-hydroxylation sites is 1. The summed E-state index contributed by atoms with van der Waals surface area (Å²) >= 11 is 1.94. The van der Waals surface area contributed by atoms with E-state index in [0.717, 1.165) is 45.8 Å². The van der Waals surface area contributed by atoms with Crippen LogP contribution in [0.4, 0.5) is 0 Å². The van der Waals surface area contributed by atoms with Crippen LogP contribution < -0.4 is 0 Å². The van der Waals surface area contributed by atoms with E-state index < -0.39 is 0 Å². The molecule has 29 rings (SSSR count). The molecule has 5 heterocycles. The first-order valence-electron chi connectivity index (χ1n) is 41.8. The Morgan fingerprint density at radius 3 is 1.55 bits per heavy atom. The van der Waals surface area contributed by atoms with Crippen LogP contribution in [-0.4, -0.2) is 14.5 Å². The number of aromatic nitrogens is 3. The molecule has 0 bridgehead atoms. The first-order valence-corrected chi connectivity index (χ1v) is 42.7. The van der Waals surface area contributed by atoms with Crippen molar-refractivity contribution in [3.05, 3.63) is 403 Å².